The van der Waals surface area contributed by atoms with E-state index in [0.29, 0.717) is 28.4 Å². The fraction of sp³-hybridized carbons (Fsp3) is 0.300. The number of aryl methyl sites for hydroxylation is 1. The summed E-state index contributed by atoms with van der Waals surface area (Å²) in [5, 5.41) is 4.73. The number of hydrogen-bond donors (Lipinski definition) is 0. The van der Waals surface area contributed by atoms with Gasteiger partial charge in [-0.2, -0.15) is 0 Å². The zero-order valence-corrected chi connectivity index (χ0v) is 17.7. The topological polar surface area (TPSA) is 37.2 Å². The fourth-order valence-corrected chi connectivity index (χ4v) is 3.49. The van der Waals surface area contributed by atoms with Crippen molar-refractivity contribution in [2.24, 2.45) is 10.1 Å². The smallest absolute Gasteiger partial charge is 0.158 e. The van der Waals surface area contributed by atoms with E-state index in [1.54, 1.807) is 12.4 Å². The summed E-state index contributed by atoms with van der Waals surface area (Å²) in [5.41, 5.74) is 4.09. The molecule has 1 unspecified atom stereocenters. The van der Waals surface area contributed by atoms with E-state index in [9.17, 15) is 4.39 Å². The summed E-state index contributed by atoms with van der Waals surface area (Å²) in [6.45, 7) is 4.91. The highest BCUT2D eigenvalue weighted by atomic mass is 79.9. The van der Waals surface area contributed by atoms with Crippen LogP contribution in [0.15, 0.2) is 45.0 Å². The largest absolute Gasteiger partial charge is 0.387 e. The predicted molar refractivity (Wildman–Crippen MR) is 112 cm³/mol. The average Bonchev–Trinajstić information content (AvgIpc) is 3.13. The second kappa shape index (κ2) is 8.40. The molecule has 0 bridgehead atoms. The quantitative estimate of drug-likeness (QED) is 0.410. The molecule has 1 atom stereocenters. The first kappa shape index (κ1) is 19.8. The van der Waals surface area contributed by atoms with Crippen LogP contribution in [0, 0.1) is 12.7 Å². The van der Waals surface area contributed by atoms with Crippen LogP contribution < -0.4 is 0 Å². The van der Waals surface area contributed by atoms with Crippen LogP contribution in [0.1, 0.15) is 36.1 Å². The first-order valence-corrected chi connectivity index (χ1v) is 9.78. The molecule has 0 aliphatic carbocycles. The monoisotopic (exact) mass is 451 g/mol. The van der Waals surface area contributed by atoms with E-state index in [-0.39, 0.29) is 11.9 Å². The Kier molecular flexibility index (Phi) is 6.17. The molecular formula is C20H20BrClFN3O. The minimum absolute atomic E-state index is 0.260. The third-order valence-electron chi connectivity index (χ3n) is 4.48. The molecule has 142 valence electrons. The second-order valence-electron chi connectivity index (χ2n) is 6.44. The average molecular weight is 453 g/mol. The zero-order chi connectivity index (χ0) is 19.6. The molecule has 1 heterocycles. The SMILES string of the molecule is CCN(C)/C=N\c1cc(C)c(C2CC(c3cc(F)ccc3Br)=NO2)cc1Cl. The van der Waals surface area contributed by atoms with Crippen LogP contribution >= 0.6 is 27.5 Å². The third kappa shape index (κ3) is 4.50. The van der Waals surface area contributed by atoms with E-state index in [4.69, 9.17) is 16.4 Å². The van der Waals surface area contributed by atoms with Crippen LogP contribution in [-0.2, 0) is 4.84 Å². The molecule has 4 nitrogen and oxygen atoms in total. The molecule has 2 aromatic carbocycles. The van der Waals surface area contributed by atoms with E-state index in [0.717, 1.165) is 22.1 Å². The highest BCUT2D eigenvalue weighted by Crippen LogP contribution is 2.37. The van der Waals surface area contributed by atoms with Crippen LogP contribution in [0.2, 0.25) is 5.02 Å². The van der Waals surface area contributed by atoms with Gasteiger partial charge in [0.2, 0.25) is 0 Å². The Labute approximate surface area is 171 Å². The van der Waals surface area contributed by atoms with Gasteiger partial charge in [-0.15, -0.1) is 0 Å². The highest BCUT2D eigenvalue weighted by molar-refractivity contribution is 9.10. The molecule has 1 aliphatic rings. The van der Waals surface area contributed by atoms with Crippen molar-refractivity contribution < 1.29 is 9.23 Å². The molecular weight excluding hydrogens is 433 g/mol. The summed E-state index contributed by atoms with van der Waals surface area (Å²) in [6.07, 6.45) is 2.04. The summed E-state index contributed by atoms with van der Waals surface area (Å²) in [4.78, 5) is 12.0. The van der Waals surface area contributed by atoms with Crippen LogP contribution in [0.4, 0.5) is 10.1 Å². The van der Waals surface area contributed by atoms with E-state index < -0.39 is 0 Å². The van der Waals surface area contributed by atoms with Crippen molar-refractivity contribution in [1.82, 2.24) is 4.90 Å². The summed E-state index contributed by atoms with van der Waals surface area (Å²) < 4.78 is 14.4. The molecule has 0 N–H and O–H groups in total. The van der Waals surface area contributed by atoms with Gasteiger partial charge in [0.15, 0.2) is 6.10 Å². The molecule has 0 amide bonds. The van der Waals surface area contributed by atoms with Crippen molar-refractivity contribution in [2.75, 3.05) is 13.6 Å². The van der Waals surface area contributed by atoms with Gasteiger partial charge in [0.1, 0.15) is 5.82 Å². The van der Waals surface area contributed by atoms with Crippen LogP contribution in [0.5, 0.6) is 0 Å². The molecule has 7 heteroatoms. The minimum atomic E-state index is -0.308. The number of nitrogens with zero attached hydrogens (tertiary/aromatic N) is 3. The van der Waals surface area contributed by atoms with E-state index in [2.05, 4.69) is 26.1 Å². The lowest BCUT2D eigenvalue weighted by Gasteiger charge is -2.14. The lowest BCUT2D eigenvalue weighted by atomic mass is 9.97. The summed E-state index contributed by atoms with van der Waals surface area (Å²) in [6, 6.07) is 8.34. The van der Waals surface area contributed by atoms with E-state index >= 15 is 0 Å². The summed E-state index contributed by atoms with van der Waals surface area (Å²) in [7, 11) is 1.95. The number of oxime groups is 1. The Bertz CT molecular complexity index is 916. The Hall–Kier alpha value is -1.92. The van der Waals surface area contributed by atoms with Gasteiger partial charge in [0, 0.05) is 30.0 Å². The first-order valence-electron chi connectivity index (χ1n) is 8.61. The van der Waals surface area contributed by atoms with Gasteiger partial charge in [0.05, 0.1) is 22.8 Å². The van der Waals surface area contributed by atoms with E-state index in [1.807, 2.05) is 37.9 Å². The van der Waals surface area contributed by atoms with Gasteiger partial charge in [-0.1, -0.05) is 32.7 Å². The van der Waals surface area contributed by atoms with Gasteiger partial charge in [0.25, 0.3) is 0 Å². The van der Waals surface area contributed by atoms with E-state index in [1.165, 1.54) is 12.1 Å². The molecule has 27 heavy (non-hydrogen) atoms. The zero-order valence-electron chi connectivity index (χ0n) is 15.3. The molecule has 1 aliphatic heterocycles. The molecule has 0 spiro atoms. The van der Waals surface area contributed by atoms with Crippen LogP contribution in [-0.4, -0.2) is 30.5 Å². The number of halogens is 3. The lowest BCUT2D eigenvalue weighted by molar-refractivity contribution is 0.0853. The first-order chi connectivity index (χ1) is 12.9. The second-order valence-corrected chi connectivity index (χ2v) is 7.70. The highest BCUT2D eigenvalue weighted by Gasteiger charge is 2.27. The van der Waals surface area contributed by atoms with Crippen molar-refractivity contribution in [3.05, 3.63) is 62.3 Å². The van der Waals surface area contributed by atoms with Crippen molar-refractivity contribution in [2.45, 2.75) is 26.4 Å². The lowest BCUT2D eigenvalue weighted by Crippen LogP contribution is -2.14. The van der Waals surface area contributed by atoms with Gasteiger partial charge < -0.3 is 9.74 Å². The van der Waals surface area contributed by atoms with Gasteiger partial charge in [-0.3, -0.25) is 0 Å². The number of benzene rings is 2. The number of hydrogen-bond acceptors (Lipinski definition) is 3. The normalized spacial score (nSPS) is 16.5. The maximum atomic E-state index is 13.6. The molecule has 3 rings (SSSR count). The van der Waals surface area contributed by atoms with Crippen LogP contribution in [0.25, 0.3) is 0 Å². The molecule has 0 fully saturated rings. The summed E-state index contributed by atoms with van der Waals surface area (Å²) >= 11 is 9.87. The van der Waals surface area contributed by atoms with Crippen molar-refractivity contribution in [1.29, 1.82) is 0 Å². The van der Waals surface area contributed by atoms with Gasteiger partial charge in [-0.05, 0) is 55.3 Å². The third-order valence-corrected chi connectivity index (χ3v) is 5.48. The Morgan fingerprint density at radius 2 is 2.19 bits per heavy atom. The maximum Gasteiger partial charge on any atom is 0.158 e. The molecule has 2 aromatic rings. The van der Waals surface area contributed by atoms with Crippen molar-refractivity contribution in [3.8, 4) is 0 Å². The number of rotatable bonds is 5. The molecule has 0 radical (unpaired) electrons. The molecule has 0 aromatic heterocycles. The minimum Gasteiger partial charge on any atom is -0.387 e. The predicted octanol–water partition coefficient (Wildman–Crippen LogP) is 6.03. The standard InChI is InChI=1S/C20H20BrClFN3O/c1-4-26(3)11-24-19-7-12(2)14(9-17(19)22)20-10-18(25-27-20)15-8-13(23)5-6-16(15)21/h5-9,11,20H,4,10H2,1-3H3/b24-11-. The Morgan fingerprint density at radius 1 is 1.41 bits per heavy atom. The maximum absolute atomic E-state index is 13.6. The Balaban J connectivity index is 1.81. The number of aliphatic imine (C=N–C) groups is 1. The Morgan fingerprint density at radius 3 is 2.93 bits per heavy atom. The summed E-state index contributed by atoms with van der Waals surface area (Å²) in [5.74, 6) is -0.308. The molecule has 0 saturated heterocycles. The van der Waals surface area contributed by atoms with Gasteiger partial charge in [-0.25, -0.2) is 9.38 Å². The van der Waals surface area contributed by atoms with Crippen molar-refractivity contribution in [3.63, 3.8) is 0 Å². The van der Waals surface area contributed by atoms with Gasteiger partial charge >= 0.3 is 0 Å². The molecule has 0 saturated carbocycles. The van der Waals surface area contributed by atoms with Crippen molar-refractivity contribution >= 4 is 45.3 Å². The fourth-order valence-electron chi connectivity index (χ4n) is 2.79. The van der Waals surface area contributed by atoms with Crippen LogP contribution in [0.3, 0.4) is 0 Å².